The van der Waals surface area contributed by atoms with Gasteiger partial charge in [0.1, 0.15) is 6.33 Å². The fourth-order valence-electron chi connectivity index (χ4n) is 3.59. The summed E-state index contributed by atoms with van der Waals surface area (Å²) in [5, 5.41) is 10.9. The van der Waals surface area contributed by atoms with Gasteiger partial charge in [0, 0.05) is 6.04 Å². The van der Waals surface area contributed by atoms with Crippen molar-refractivity contribution in [3.8, 4) is 0 Å². The number of tetrazole rings is 1. The Hall–Kier alpha value is -1.80. The summed E-state index contributed by atoms with van der Waals surface area (Å²) >= 11 is 0. The van der Waals surface area contributed by atoms with Gasteiger partial charge in [-0.3, -0.25) is 0 Å². The van der Waals surface area contributed by atoms with Crippen molar-refractivity contribution >= 4 is 10.0 Å². The molecule has 1 atom stereocenters. The lowest BCUT2D eigenvalue weighted by atomic mass is 9.87. The number of sulfonamides is 1. The number of hydrogen-bond acceptors (Lipinski definition) is 5. The summed E-state index contributed by atoms with van der Waals surface area (Å²) in [5.41, 5.74) is 2.47. The summed E-state index contributed by atoms with van der Waals surface area (Å²) in [6.45, 7) is 0.285. The zero-order valence-corrected chi connectivity index (χ0v) is 14.3. The predicted molar refractivity (Wildman–Crippen MR) is 88.6 cm³/mol. The molecule has 24 heavy (non-hydrogen) atoms. The number of fused-ring (bicyclic) bond motifs is 1. The molecule has 4 rings (SSSR count). The first kappa shape index (κ1) is 15.7. The topological polar surface area (TPSA) is 81.0 Å². The van der Waals surface area contributed by atoms with E-state index in [1.807, 2.05) is 12.1 Å². The Kier molecular flexibility index (Phi) is 4.09. The maximum Gasteiger partial charge on any atom is 0.216 e. The molecular weight excluding hydrogens is 326 g/mol. The molecule has 0 N–H and O–H groups in total. The van der Waals surface area contributed by atoms with Crippen molar-refractivity contribution in [2.45, 2.75) is 50.7 Å². The minimum atomic E-state index is -3.36. The van der Waals surface area contributed by atoms with Crippen LogP contribution in [0.5, 0.6) is 0 Å². The van der Waals surface area contributed by atoms with Crippen molar-refractivity contribution in [3.05, 3.63) is 41.7 Å². The Morgan fingerprint density at radius 3 is 2.79 bits per heavy atom. The standard InChI is InChI=1S/C16H21N5O2S/c22-24(23,11-10-20-12-17-18-19-20)21(14-8-9-14)16-7-3-5-13-4-1-2-6-15(13)16/h1-2,4,6,12,14,16H,3,5,7-11H2. The van der Waals surface area contributed by atoms with Gasteiger partial charge in [0.25, 0.3) is 0 Å². The zero-order chi connectivity index (χ0) is 16.6. The number of rotatable bonds is 6. The van der Waals surface area contributed by atoms with E-state index in [0.717, 1.165) is 32.1 Å². The van der Waals surface area contributed by atoms with E-state index in [1.54, 1.807) is 4.31 Å². The molecule has 2 aliphatic rings. The van der Waals surface area contributed by atoms with Gasteiger partial charge >= 0.3 is 0 Å². The highest BCUT2D eigenvalue weighted by Crippen LogP contribution is 2.42. The van der Waals surface area contributed by atoms with Crippen LogP contribution in [0.25, 0.3) is 0 Å². The van der Waals surface area contributed by atoms with E-state index in [4.69, 9.17) is 0 Å². The van der Waals surface area contributed by atoms with Crippen LogP contribution in [0.1, 0.15) is 42.9 Å². The molecule has 2 aromatic rings. The maximum atomic E-state index is 13.1. The molecule has 0 bridgehead atoms. The van der Waals surface area contributed by atoms with Crippen LogP contribution in [0, 0.1) is 0 Å². The second kappa shape index (κ2) is 6.25. The lowest BCUT2D eigenvalue weighted by Gasteiger charge is -2.35. The second-order valence-corrected chi connectivity index (χ2v) is 8.55. The summed E-state index contributed by atoms with van der Waals surface area (Å²) < 4.78 is 29.4. The van der Waals surface area contributed by atoms with Crippen molar-refractivity contribution in [2.75, 3.05) is 5.75 Å². The first-order valence-electron chi connectivity index (χ1n) is 8.45. The van der Waals surface area contributed by atoms with Gasteiger partial charge in [0.2, 0.25) is 10.0 Å². The van der Waals surface area contributed by atoms with Crippen LogP contribution < -0.4 is 0 Å². The Morgan fingerprint density at radius 2 is 2.04 bits per heavy atom. The number of aryl methyl sites for hydroxylation is 2. The minimum absolute atomic E-state index is 0.0266. The summed E-state index contributed by atoms with van der Waals surface area (Å²) in [6.07, 6.45) is 6.35. The highest BCUT2D eigenvalue weighted by atomic mass is 32.2. The lowest BCUT2D eigenvalue weighted by molar-refractivity contribution is 0.285. The predicted octanol–water partition coefficient (Wildman–Crippen LogP) is 1.54. The molecule has 1 saturated carbocycles. The average molecular weight is 347 g/mol. The Morgan fingerprint density at radius 1 is 1.21 bits per heavy atom. The molecule has 7 nitrogen and oxygen atoms in total. The monoisotopic (exact) mass is 347 g/mol. The second-order valence-electron chi connectivity index (χ2n) is 6.56. The first-order chi connectivity index (χ1) is 11.6. The molecule has 2 aliphatic carbocycles. The van der Waals surface area contributed by atoms with Gasteiger partial charge in [-0.1, -0.05) is 24.3 Å². The van der Waals surface area contributed by atoms with Crippen LogP contribution in [0.2, 0.25) is 0 Å². The molecule has 1 aromatic heterocycles. The van der Waals surface area contributed by atoms with Crippen LogP contribution in [0.4, 0.5) is 0 Å². The van der Waals surface area contributed by atoms with Crippen molar-refractivity contribution in [2.24, 2.45) is 0 Å². The zero-order valence-electron chi connectivity index (χ0n) is 13.5. The van der Waals surface area contributed by atoms with E-state index in [1.165, 1.54) is 22.1 Å². The smallest absolute Gasteiger partial charge is 0.216 e. The number of benzene rings is 1. The summed E-state index contributed by atoms with van der Waals surface area (Å²) in [5.74, 6) is 0.0349. The third kappa shape index (κ3) is 3.08. The maximum absolute atomic E-state index is 13.1. The quantitative estimate of drug-likeness (QED) is 0.792. The van der Waals surface area contributed by atoms with Crippen LogP contribution in [-0.4, -0.2) is 44.7 Å². The molecule has 1 unspecified atom stereocenters. The largest absolute Gasteiger partial charge is 0.231 e. The van der Waals surface area contributed by atoms with Crippen LogP contribution >= 0.6 is 0 Å². The highest BCUT2D eigenvalue weighted by Gasteiger charge is 2.43. The van der Waals surface area contributed by atoms with Crippen molar-refractivity contribution < 1.29 is 8.42 Å². The van der Waals surface area contributed by atoms with E-state index >= 15 is 0 Å². The van der Waals surface area contributed by atoms with Gasteiger partial charge in [-0.25, -0.2) is 13.1 Å². The fourth-order valence-corrected chi connectivity index (χ4v) is 5.49. The molecule has 0 aliphatic heterocycles. The first-order valence-corrected chi connectivity index (χ1v) is 10.1. The summed E-state index contributed by atoms with van der Waals surface area (Å²) in [7, 11) is -3.36. The minimum Gasteiger partial charge on any atom is -0.231 e. The molecule has 1 aromatic carbocycles. The van der Waals surface area contributed by atoms with E-state index in [2.05, 4.69) is 27.7 Å². The van der Waals surface area contributed by atoms with Crippen LogP contribution in [-0.2, 0) is 23.0 Å². The normalized spacial score (nSPS) is 21.0. The molecule has 0 radical (unpaired) electrons. The summed E-state index contributed by atoms with van der Waals surface area (Å²) in [6, 6.07) is 8.39. The summed E-state index contributed by atoms with van der Waals surface area (Å²) in [4.78, 5) is 0. The molecule has 128 valence electrons. The fraction of sp³-hybridized carbons (Fsp3) is 0.562. The van der Waals surface area contributed by atoms with Crippen LogP contribution in [0.15, 0.2) is 30.6 Å². The van der Waals surface area contributed by atoms with Gasteiger partial charge in [0.05, 0.1) is 18.3 Å². The molecule has 0 spiro atoms. The van der Waals surface area contributed by atoms with Crippen molar-refractivity contribution in [1.29, 1.82) is 0 Å². The third-order valence-electron chi connectivity index (χ3n) is 4.84. The molecule has 0 amide bonds. The van der Waals surface area contributed by atoms with Crippen molar-refractivity contribution in [3.63, 3.8) is 0 Å². The Labute approximate surface area is 141 Å². The number of hydrogen-bond donors (Lipinski definition) is 0. The van der Waals surface area contributed by atoms with Gasteiger partial charge < -0.3 is 0 Å². The molecule has 1 fully saturated rings. The third-order valence-corrected chi connectivity index (χ3v) is 6.74. The van der Waals surface area contributed by atoms with E-state index in [-0.39, 0.29) is 24.4 Å². The SMILES string of the molecule is O=S(=O)(CCn1cnnn1)N(C1CC1)C1CCCc2ccccc21. The van der Waals surface area contributed by atoms with Gasteiger partial charge in [-0.15, -0.1) is 5.10 Å². The Bertz CT molecular complexity index is 802. The van der Waals surface area contributed by atoms with Gasteiger partial charge in [-0.2, -0.15) is 4.31 Å². The van der Waals surface area contributed by atoms with E-state index in [0.29, 0.717) is 0 Å². The van der Waals surface area contributed by atoms with Crippen LogP contribution in [0.3, 0.4) is 0 Å². The van der Waals surface area contributed by atoms with Crippen molar-refractivity contribution in [1.82, 2.24) is 24.5 Å². The molecule has 8 heteroatoms. The van der Waals surface area contributed by atoms with E-state index < -0.39 is 10.0 Å². The van der Waals surface area contributed by atoms with Gasteiger partial charge in [0.15, 0.2) is 0 Å². The molecule has 0 saturated heterocycles. The molecule has 1 heterocycles. The molecular formula is C16H21N5O2S. The van der Waals surface area contributed by atoms with Gasteiger partial charge in [-0.05, 0) is 53.7 Å². The number of aromatic nitrogens is 4. The van der Waals surface area contributed by atoms with E-state index in [9.17, 15) is 8.42 Å². The Balaban J connectivity index is 1.61. The number of nitrogens with zero attached hydrogens (tertiary/aromatic N) is 5. The lowest BCUT2D eigenvalue weighted by Crippen LogP contribution is -2.40. The highest BCUT2D eigenvalue weighted by molar-refractivity contribution is 7.89. The average Bonchev–Trinajstić information content (AvgIpc) is 3.26.